The number of carbonyl (C=O) groups excluding carboxylic acids is 1. The molecule has 2 atom stereocenters. The molecule has 130 valence electrons. The van der Waals surface area contributed by atoms with Gasteiger partial charge in [-0.3, -0.25) is 9.78 Å². The minimum absolute atomic E-state index is 0.0614. The largest absolute Gasteiger partial charge is 0.363 e. The molecule has 25 heavy (non-hydrogen) atoms. The number of rotatable bonds is 3. The van der Waals surface area contributed by atoms with Crippen LogP contribution in [0.2, 0.25) is 10.0 Å². The Morgan fingerprint density at radius 2 is 2.12 bits per heavy atom. The minimum atomic E-state index is -2.13. The van der Waals surface area contributed by atoms with Gasteiger partial charge >= 0.3 is 0 Å². The molecule has 0 bridgehead atoms. The summed E-state index contributed by atoms with van der Waals surface area (Å²) >= 11 is 12.0. The first-order valence-corrected chi connectivity index (χ1v) is 8.71. The molecule has 1 aliphatic heterocycles. The van der Waals surface area contributed by atoms with E-state index in [0.29, 0.717) is 39.9 Å². The van der Waals surface area contributed by atoms with E-state index in [1.54, 1.807) is 36.5 Å². The predicted octanol–water partition coefficient (Wildman–Crippen LogP) is 3.89. The lowest BCUT2D eigenvalue weighted by Crippen LogP contribution is -2.45. The van der Waals surface area contributed by atoms with Crippen LogP contribution in [0.3, 0.4) is 0 Å². The molecule has 1 fully saturated rings. The van der Waals surface area contributed by atoms with Gasteiger partial charge in [0.1, 0.15) is 5.60 Å². The monoisotopic (exact) mass is 380 g/mol. The van der Waals surface area contributed by atoms with E-state index < -0.39 is 17.2 Å². The van der Waals surface area contributed by atoms with Crippen LogP contribution in [-0.4, -0.2) is 17.5 Å². The SMILES string of the molecule is O=C(NCc1ccc(Cl)cc1Cl)[C@]1(F)CC[C@]2(CO2)c2ncccc21. The zero-order chi connectivity index (χ0) is 17.7. The topological polar surface area (TPSA) is 54.5 Å². The second kappa shape index (κ2) is 5.94. The fourth-order valence-electron chi connectivity index (χ4n) is 3.30. The van der Waals surface area contributed by atoms with Crippen molar-refractivity contribution < 1.29 is 13.9 Å². The zero-order valence-electron chi connectivity index (χ0n) is 13.2. The molecule has 1 aromatic carbocycles. The number of hydrogen-bond acceptors (Lipinski definition) is 3. The molecule has 1 saturated heterocycles. The number of nitrogens with zero attached hydrogens (tertiary/aromatic N) is 1. The van der Waals surface area contributed by atoms with Crippen molar-refractivity contribution in [1.29, 1.82) is 0 Å². The molecule has 0 radical (unpaired) electrons. The molecule has 1 amide bonds. The third-order valence-electron chi connectivity index (χ3n) is 4.85. The maximum atomic E-state index is 15.6. The van der Waals surface area contributed by atoms with Crippen molar-refractivity contribution in [3.05, 3.63) is 63.4 Å². The van der Waals surface area contributed by atoms with Crippen molar-refractivity contribution in [3.63, 3.8) is 0 Å². The van der Waals surface area contributed by atoms with Gasteiger partial charge < -0.3 is 10.1 Å². The highest BCUT2D eigenvalue weighted by molar-refractivity contribution is 6.35. The molecule has 7 heteroatoms. The van der Waals surface area contributed by atoms with E-state index in [4.69, 9.17) is 27.9 Å². The van der Waals surface area contributed by atoms with Crippen molar-refractivity contribution in [3.8, 4) is 0 Å². The zero-order valence-corrected chi connectivity index (χ0v) is 14.7. The van der Waals surface area contributed by atoms with Gasteiger partial charge in [-0.05, 0) is 36.6 Å². The van der Waals surface area contributed by atoms with Crippen molar-refractivity contribution >= 4 is 29.1 Å². The number of epoxide rings is 1. The third kappa shape index (κ3) is 2.80. The van der Waals surface area contributed by atoms with Gasteiger partial charge in [-0.25, -0.2) is 4.39 Å². The number of carbonyl (C=O) groups is 1. The minimum Gasteiger partial charge on any atom is -0.363 e. The van der Waals surface area contributed by atoms with Gasteiger partial charge in [0.2, 0.25) is 5.67 Å². The molecule has 1 N–H and O–H groups in total. The summed E-state index contributed by atoms with van der Waals surface area (Å²) in [5.74, 6) is -0.691. The van der Waals surface area contributed by atoms with E-state index in [1.807, 2.05) is 0 Å². The van der Waals surface area contributed by atoms with Gasteiger partial charge in [0.25, 0.3) is 5.91 Å². The summed E-state index contributed by atoms with van der Waals surface area (Å²) in [5.41, 5.74) is -1.14. The van der Waals surface area contributed by atoms with Crippen LogP contribution in [0.15, 0.2) is 36.5 Å². The van der Waals surface area contributed by atoms with Crippen molar-refractivity contribution in [2.45, 2.75) is 30.7 Å². The predicted molar refractivity (Wildman–Crippen MR) is 92.2 cm³/mol. The Morgan fingerprint density at radius 3 is 2.84 bits per heavy atom. The molecule has 2 aliphatic rings. The molecule has 4 rings (SSSR count). The first-order chi connectivity index (χ1) is 11.9. The molecule has 1 spiro atoms. The number of amides is 1. The van der Waals surface area contributed by atoms with E-state index in [-0.39, 0.29) is 13.0 Å². The number of aromatic nitrogens is 1. The summed E-state index contributed by atoms with van der Waals surface area (Å²) in [6, 6.07) is 8.22. The van der Waals surface area contributed by atoms with E-state index in [2.05, 4.69) is 10.3 Å². The van der Waals surface area contributed by atoms with Crippen LogP contribution in [0, 0.1) is 0 Å². The van der Waals surface area contributed by atoms with Gasteiger partial charge in [-0.1, -0.05) is 35.3 Å². The first-order valence-electron chi connectivity index (χ1n) is 7.96. The van der Waals surface area contributed by atoms with Gasteiger partial charge in [0.05, 0.1) is 12.3 Å². The number of ether oxygens (including phenoxy) is 1. The fraction of sp³-hybridized carbons (Fsp3) is 0.333. The lowest BCUT2D eigenvalue weighted by atomic mass is 9.77. The van der Waals surface area contributed by atoms with E-state index in [0.717, 1.165) is 0 Å². The maximum Gasteiger partial charge on any atom is 0.262 e. The van der Waals surface area contributed by atoms with Crippen LogP contribution < -0.4 is 5.32 Å². The van der Waals surface area contributed by atoms with E-state index >= 15 is 4.39 Å². The Hall–Kier alpha value is -1.69. The first kappa shape index (κ1) is 16.8. The third-order valence-corrected chi connectivity index (χ3v) is 5.43. The number of alkyl halides is 1. The van der Waals surface area contributed by atoms with Crippen LogP contribution in [0.4, 0.5) is 4.39 Å². The molecule has 0 saturated carbocycles. The summed E-state index contributed by atoms with van der Waals surface area (Å²) in [5, 5.41) is 3.58. The average molecular weight is 381 g/mol. The highest BCUT2D eigenvalue weighted by Gasteiger charge is 2.58. The molecule has 1 aromatic heterocycles. The van der Waals surface area contributed by atoms with Gasteiger partial charge in [-0.15, -0.1) is 0 Å². The van der Waals surface area contributed by atoms with Crippen molar-refractivity contribution in [2.75, 3.05) is 6.61 Å². The smallest absolute Gasteiger partial charge is 0.262 e. The average Bonchev–Trinajstić information content (AvgIpc) is 3.39. The van der Waals surface area contributed by atoms with Gasteiger partial charge in [0, 0.05) is 28.4 Å². The molecular weight excluding hydrogens is 366 g/mol. The number of fused-ring (bicyclic) bond motifs is 2. The summed E-state index contributed by atoms with van der Waals surface area (Å²) in [6.45, 7) is 0.646. The van der Waals surface area contributed by atoms with Crippen molar-refractivity contribution in [1.82, 2.24) is 10.3 Å². The Bertz CT molecular complexity index is 857. The molecule has 1 aliphatic carbocycles. The standard InChI is InChI=1S/C18H15Cl2FN2O2/c19-12-4-3-11(14(20)8-12)9-23-16(24)18(21)6-5-17(10-25-17)15-13(18)2-1-7-22-15/h1-4,7-8H,5-6,9-10H2,(H,23,24)/t17-,18-/m0/s1. The number of halogens is 3. The molecule has 4 nitrogen and oxygen atoms in total. The van der Waals surface area contributed by atoms with Crippen LogP contribution in [0.25, 0.3) is 0 Å². The van der Waals surface area contributed by atoms with Crippen LogP contribution in [0.1, 0.15) is 29.7 Å². The molecule has 2 heterocycles. The van der Waals surface area contributed by atoms with E-state index in [1.165, 1.54) is 0 Å². The lowest BCUT2D eigenvalue weighted by molar-refractivity contribution is -0.135. The number of pyridine rings is 1. The Labute approximate surface area is 154 Å². The van der Waals surface area contributed by atoms with Gasteiger partial charge in [0.15, 0.2) is 0 Å². The summed E-state index contributed by atoms with van der Waals surface area (Å²) < 4.78 is 21.1. The second-order valence-corrected chi connectivity index (χ2v) is 7.25. The Morgan fingerprint density at radius 1 is 1.32 bits per heavy atom. The Balaban J connectivity index is 1.57. The normalized spacial score (nSPS) is 27.0. The van der Waals surface area contributed by atoms with Crippen molar-refractivity contribution in [2.24, 2.45) is 0 Å². The number of benzene rings is 1. The number of hydrogen-bond donors (Lipinski definition) is 1. The summed E-state index contributed by atoms with van der Waals surface area (Å²) in [6.07, 6.45) is 2.09. The summed E-state index contributed by atoms with van der Waals surface area (Å²) in [4.78, 5) is 16.9. The van der Waals surface area contributed by atoms with Crippen LogP contribution in [0.5, 0.6) is 0 Å². The van der Waals surface area contributed by atoms with Gasteiger partial charge in [-0.2, -0.15) is 0 Å². The fourth-order valence-corrected chi connectivity index (χ4v) is 3.78. The Kier molecular flexibility index (Phi) is 3.98. The molecule has 0 unspecified atom stereocenters. The molecular formula is C18H15Cl2FN2O2. The second-order valence-electron chi connectivity index (χ2n) is 6.40. The number of nitrogens with one attached hydrogen (secondary N) is 1. The maximum absolute atomic E-state index is 15.6. The van der Waals surface area contributed by atoms with Crippen LogP contribution in [-0.2, 0) is 27.3 Å². The summed E-state index contributed by atoms with van der Waals surface area (Å²) in [7, 11) is 0. The quantitative estimate of drug-likeness (QED) is 0.821. The van der Waals surface area contributed by atoms with Crippen LogP contribution >= 0.6 is 23.2 Å². The molecule has 2 aromatic rings. The highest BCUT2D eigenvalue weighted by Crippen LogP contribution is 2.53. The highest BCUT2D eigenvalue weighted by atomic mass is 35.5. The lowest BCUT2D eigenvalue weighted by Gasteiger charge is -2.33. The van der Waals surface area contributed by atoms with E-state index in [9.17, 15) is 4.79 Å².